The molecule has 6 rings (SSSR count). The largest absolute Gasteiger partial charge is 0.492 e. The highest BCUT2D eigenvalue weighted by Crippen LogP contribution is 2.26. The minimum absolute atomic E-state index is 0.0202. The molecule has 3 heterocycles. The summed E-state index contributed by atoms with van der Waals surface area (Å²) in [5.74, 6) is 0.695. The van der Waals surface area contributed by atoms with E-state index < -0.39 is 6.04 Å². The van der Waals surface area contributed by atoms with E-state index in [9.17, 15) is 14.4 Å². The van der Waals surface area contributed by atoms with Gasteiger partial charge in [-0.25, -0.2) is 14.6 Å². The van der Waals surface area contributed by atoms with Crippen LogP contribution in [-0.2, 0) is 22.6 Å². The van der Waals surface area contributed by atoms with Crippen molar-refractivity contribution in [1.29, 1.82) is 0 Å². The number of hydrogen-bond donors (Lipinski definition) is 2. The van der Waals surface area contributed by atoms with E-state index in [1.54, 1.807) is 28.9 Å². The summed E-state index contributed by atoms with van der Waals surface area (Å²) in [5, 5.41) is 13.5. The number of thiazole rings is 1. The van der Waals surface area contributed by atoms with Crippen LogP contribution in [0.4, 0.5) is 0 Å². The van der Waals surface area contributed by atoms with Crippen LogP contribution in [0.5, 0.6) is 5.75 Å². The molecule has 0 saturated carbocycles. The third kappa shape index (κ3) is 7.95. The maximum atomic E-state index is 13.7. The summed E-state index contributed by atoms with van der Waals surface area (Å²) < 4.78 is 7.79. The third-order valence-electron chi connectivity index (χ3n) is 7.92. The lowest BCUT2D eigenvalue weighted by molar-refractivity contribution is -0.135. The fourth-order valence-corrected chi connectivity index (χ4v) is 6.25. The highest BCUT2D eigenvalue weighted by atomic mass is 32.1. The highest BCUT2D eigenvalue weighted by molar-refractivity contribution is 7.13. The monoisotopic (exact) mass is 663 g/mol. The molecule has 0 spiro atoms. The molecule has 0 saturated heterocycles. The van der Waals surface area contributed by atoms with Gasteiger partial charge < -0.3 is 20.3 Å². The molecule has 1 aliphatic rings. The number of fused-ring (bicyclic) bond motifs is 3. The molecule has 246 valence electrons. The Morgan fingerprint density at radius 2 is 1.67 bits per heavy atom. The maximum Gasteiger partial charge on any atom is 0.251 e. The summed E-state index contributed by atoms with van der Waals surface area (Å²) in [4.78, 5) is 51.4. The number of carbonyl (C=O) groups is 3. The van der Waals surface area contributed by atoms with Crippen LogP contribution in [0.2, 0.25) is 0 Å². The zero-order valence-corrected chi connectivity index (χ0v) is 27.7. The van der Waals surface area contributed by atoms with Crippen LogP contribution in [0.3, 0.4) is 0 Å². The van der Waals surface area contributed by atoms with Gasteiger partial charge in [0.1, 0.15) is 17.4 Å². The van der Waals surface area contributed by atoms with Gasteiger partial charge in [-0.05, 0) is 24.1 Å². The van der Waals surface area contributed by atoms with E-state index in [1.165, 1.54) is 16.2 Å². The van der Waals surface area contributed by atoms with E-state index in [0.29, 0.717) is 35.2 Å². The minimum atomic E-state index is -0.495. The van der Waals surface area contributed by atoms with Gasteiger partial charge in [0.2, 0.25) is 11.8 Å². The second-order valence-electron chi connectivity index (χ2n) is 11.8. The van der Waals surface area contributed by atoms with Crippen molar-refractivity contribution in [3.63, 3.8) is 0 Å². The molecule has 3 amide bonds. The Hall–Kier alpha value is -5.36. The highest BCUT2D eigenvalue weighted by Gasteiger charge is 2.28. The zero-order valence-electron chi connectivity index (χ0n) is 26.8. The number of rotatable bonds is 5. The smallest absolute Gasteiger partial charge is 0.251 e. The van der Waals surface area contributed by atoms with Gasteiger partial charge in [-0.3, -0.25) is 14.4 Å². The van der Waals surface area contributed by atoms with Crippen molar-refractivity contribution >= 4 is 29.1 Å². The number of aromatic nitrogens is 4. The first-order valence-electron chi connectivity index (χ1n) is 15.9. The van der Waals surface area contributed by atoms with Crippen molar-refractivity contribution in [2.75, 3.05) is 26.2 Å². The number of amides is 3. The number of ether oxygens (including phenoxy) is 1. The average molecular weight is 664 g/mol. The number of nitrogens with zero attached hydrogens (tertiary/aromatic N) is 5. The molecule has 11 nitrogen and oxygen atoms in total. The molecule has 48 heavy (non-hydrogen) atoms. The molecule has 2 N–H and O–H groups in total. The van der Waals surface area contributed by atoms with Crippen LogP contribution in [0.25, 0.3) is 22.0 Å². The molecule has 0 unspecified atom stereocenters. The molecule has 12 heteroatoms. The summed E-state index contributed by atoms with van der Waals surface area (Å²) in [6.45, 7) is 4.70. The number of carbonyl (C=O) groups excluding carboxylic acids is 3. The van der Waals surface area contributed by atoms with Crippen LogP contribution in [0.1, 0.15) is 41.8 Å². The van der Waals surface area contributed by atoms with E-state index >= 15 is 0 Å². The molecule has 5 aromatic rings. The summed E-state index contributed by atoms with van der Waals surface area (Å²) >= 11 is 1.47. The first-order chi connectivity index (χ1) is 23.3. The van der Waals surface area contributed by atoms with Crippen molar-refractivity contribution in [2.45, 2.75) is 32.9 Å². The third-order valence-corrected chi connectivity index (χ3v) is 8.86. The first kappa shape index (κ1) is 32.6. The molecular weight excluding hydrogens is 627 g/mol. The molecule has 0 radical (unpaired) electrons. The Morgan fingerprint density at radius 1 is 0.938 bits per heavy atom. The second-order valence-corrected chi connectivity index (χ2v) is 12.7. The molecule has 0 fully saturated rings. The van der Waals surface area contributed by atoms with Gasteiger partial charge in [-0.1, -0.05) is 80.6 Å². The SMILES string of the molecule is CC(C)[C@@H]1NC(=O)CN(C(=O)Cc2csc(-c3ccccc3)n2)CCNC(=O)c2cccc(c2)OCCn2nc(-c3ccccc3)nc21. The standard InChI is InChI=1S/C36H37N7O4S/c1-24(2)32-34-40-33(25-10-5-3-6-11-25)41-43(34)18-19-47-29-15-9-14-27(20-29)35(46)37-16-17-42(22-30(44)39-32)31(45)21-28-23-48-36(38-28)26-12-7-4-8-13-26/h3-15,20,23-24,32H,16-19,21-22H2,1-2H3,(H,37,46)(H,39,44)/t32-/m0/s1. The molecule has 1 aliphatic heterocycles. The van der Waals surface area contributed by atoms with Gasteiger partial charge >= 0.3 is 0 Å². The summed E-state index contributed by atoms with van der Waals surface area (Å²) in [5.41, 5.74) is 2.87. The summed E-state index contributed by atoms with van der Waals surface area (Å²) in [7, 11) is 0. The predicted molar refractivity (Wildman–Crippen MR) is 183 cm³/mol. The van der Waals surface area contributed by atoms with E-state index in [0.717, 1.165) is 16.1 Å². The van der Waals surface area contributed by atoms with Gasteiger partial charge in [-0.15, -0.1) is 11.3 Å². The maximum absolute atomic E-state index is 13.7. The average Bonchev–Trinajstić information content (AvgIpc) is 3.74. The molecule has 0 aliphatic carbocycles. The van der Waals surface area contributed by atoms with Gasteiger partial charge in [0, 0.05) is 35.2 Å². The Balaban J connectivity index is 1.28. The topological polar surface area (TPSA) is 131 Å². The quantitative estimate of drug-likeness (QED) is 0.277. The van der Waals surface area contributed by atoms with Crippen LogP contribution in [-0.4, -0.2) is 68.6 Å². The Morgan fingerprint density at radius 3 is 2.42 bits per heavy atom. The van der Waals surface area contributed by atoms with Gasteiger partial charge in [-0.2, -0.15) is 5.10 Å². The molecule has 3 aromatic carbocycles. The van der Waals surface area contributed by atoms with E-state index in [4.69, 9.17) is 14.8 Å². The lowest BCUT2D eigenvalue weighted by Gasteiger charge is -2.26. The van der Waals surface area contributed by atoms with E-state index in [2.05, 4.69) is 15.6 Å². The van der Waals surface area contributed by atoms with Crippen molar-refractivity contribution in [2.24, 2.45) is 5.92 Å². The fourth-order valence-electron chi connectivity index (χ4n) is 5.42. The lowest BCUT2D eigenvalue weighted by atomic mass is 10.0. The molecule has 2 aromatic heterocycles. The van der Waals surface area contributed by atoms with E-state index in [1.807, 2.05) is 79.9 Å². The Bertz CT molecular complexity index is 1870. The summed E-state index contributed by atoms with van der Waals surface area (Å²) in [6.07, 6.45) is 0.0202. The van der Waals surface area contributed by atoms with Gasteiger partial charge in [0.15, 0.2) is 11.6 Å². The Labute approximate surface area is 283 Å². The minimum Gasteiger partial charge on any atom is -0.492 e. The van der Waals surface area contributed by atoms with Crippen LogP contribution < -0.4 is 15.4 Å². The molecule has 2 bridgehead atoms. The summed E-state index contributed by atoms with van der Waals surface area (Å²) in [6, 6.07) is 25.9. The number of nitrogens with one attached hydrogen (secondary N) is 2. The van der Waals surface area contributed by atoms with Crippen molar-refractivity contribution in [1.82, 2.24) is 35.3 Å². The van der Waals surface area contributed by atoms with Crippen molar-refractivity contribution in [3.8, 4) is 27.7 Å². The fraction of sp³-hybridized carbons (Fsp3) is 0.278. The van der Waals surface area contributed by atoms with Crippen LogP contribution >= 0.6 is 11.3 Å². The number of benzene rings is 3. The van der Waals surface area contributed by atoms with Gasteiger partial charge in [0.05, 0.1) is 31.2 Å². The predicted octanol–water partition coefficient (Wildman–Crippen LogP) is 4.78. The number of hydrogen-bond acceptors (Lipinski definition) is 8. The van der Waals surface area contributed by atoms with Crippen molar-refractivity contribution < 1.29 is 19.1 Å². The van der Waals surface area contributed by atoms with Crippen LogP contribution in [0, 0.1) is 5.92 Å². The zero-order chi connectivity index (χ0) is 33.5. The molecule has 1 atom stereocenters. The van der Waals surface area contributed by atoms with Crippen molar-refractivity contribution in [3.05, 3.63) is 107 Å². The first-order valence-corrected chi connectivity index (χ1v) is 16.8. The van der Waals surface area contributed by atoms with Crippen LogP contribution in [0.15, 0.2) is 90.3 Å². The van der Waals surface area contributed by atoms with E-state index in [-0.39, 0.29) is 56.3 Å². The van der Waals surface area contributed by atoms with Gasteiger partial charge in [0.25, 0.3) is 5.91 Å². The normalized spacial score (nSPS) is 16.0. The second kappa shape index (κ2) is 15.0. The Kier molecular flexibility index (Phi) is 10.2. The molecular formula is C36H37N7O4S. The lowest BCUT2D eigenvalue weighted by Crippen LogP contribution is -2.46.